The van der Waals surface area contributed by atoms with Gasteiger partial charge in [-0.2, -0.15) is 0 Å². The molecule has 0 unspecified atom stereocenters. The summed E-state index contributed by atoms with van der Waals surface area (Å²) in [5.74, 6) is 0. The second-order valence-corrected chi connectivity index (χ2v) is 18.0. The molecule has 1 amide bonds. The van der Waals surface area contributed by atoms with Crippen LogP contribution in [-0.2, 0) is 0 Å². The summed E-state index contributed by atoms with van der Waals surface area (Å²) < 4.78 is 3.85. The molecule has 0 atom stereocenters. The molecule has 2 nitrogen and oxygen atoms in total. The zero-order valence-electron chi connectivity index (χ0n) is 16.8. The van der Waals surface area contributed by atoms with Gasteiger partial charge >= 0.3 is 167 Å². The molecular weight excluding hydrogens is 437 g/mol. The van der Waals surface area contributed by atoms with Crippen molar-refractivity contribution in [3.8, 4) is 0 Å². The van der Waals surface area contributed by atoms with Crippen LogP contribution in [0, 0.1) is 20.8 Å². The van der Waals surface area contributed by atoms with Crippen molar-refractivity contribution in [2.24, 2.45) is 0 Å². The normalized spacial score (nSPS) is 11.3. The molecule has 138 valence electrons. The Morgan fingerprint density at radius 1 is 0.593 bits per heavy atom. The van der Waals surface area contributed by atoms with Gasteiger partial charge in [0.05, 0.1) is 0 Å². The standard InChI is InChI=1S/3C7H7.C3H6NO.Sn/c3*1-7-5-3-2-4-6-7;1-4(2)3-5;/h3*3-6H,1H3;1-2H3;. The fraction of sp³-hybridized carbons (Fsp3) is 0.208. The fourth-order valence-corrected chi connectivity index (χ4v) is 16.2. The Labute approximate surface area is 166 Å². The molecule has 0 fully saturated rings. The van der Waals surface area contributed by atoms with Gasteiger partial charge < -0.3 is 0 Å². The van der Waals surface area contributed by atoms with Crippen molar-refractivity contribution in [1.29, 1.82) is 0 Å². The molecule has 0 bridgehead atoms. The van der Waals surface area contributed by atoms with E-state index < -0.39 is 18.4 Å². The first-order valence-electron chi connectivity index (χ1n) is 9.29. The molecule has 0 spiro atoms. The third kappa shape index (κ3) is 3.68. The van der Waals surface area contributed by atoms with E-state index in [0.29, 0.717) is 0 Å². The van der Waals surface area contributed by atoms with E-state index in [1.54, 1.807) is 4.90 Å². The van der Waals surface area contributed by atoms with Crippen LogP contribution in [0.15, 0.2) is 72.8 Å². The summed E-state index contributed by atoms with van der Waals surface area (Å²) in [5.41, 5.74) is 3.64. The average molecular weight is 464 g/mol. The summed E-state index contributed by atoms with van der Waals surface area (Å²) in [6.45, 7) is 6.27. The molecule has 0 aromatic heterocycles. The maximum absolute atomic E-state index is 13.8. The summed E-state index contributed by atoms with van der Waals surface area (Å²) >= 11 is -3.89. The molecule has 0 saturated carbocycles. The van der Waals surface area contributed by atoms with Gasteiger partial charge in [-0.15, -0.1) is 0 Å². The molecule has 0 radical (unpaired) electrons. The molecule has 0 aliphatic carbocycles. The van der Waals surface area contributed by atoms with E-state index in [1.165, 1.54) is 27.4 Å². The SMILES string of the molecule is Cc1cc[c]([Sn]([C](=O)N(C)C)([c]2ccc(C)cc2)[c]2ccc(C)cc2)cc1. The van der Waals surface area contributed by atoms with E-state index in [-0.39, 0.29) is 3.92 Å². The number of amides is 1. The van der Waals surface area contributed by atoms with E-state index >= 15 is 0 Å². The summed E-state index contributed by atoms with van der Waals surface area (Å²) in [6, 6.07) is 25.8. The molecule has 0 N–H and O–H groups in total. The Morgan fingerprint density at radius 2 is 0.852 bits per heavy atom. The summed E-state index contributed by atoms with van der Waals surface area (Å²) in [7, 11) is 3.76. The molecule has 3 aromatic carbocycles. The van der Waals surface area contributed by atoms with Crippen LogP contribution in [0.1, 0.15) is 16.7 Å². The first kappa shape index (κ1) is 19.7. The number of benzene rings is 3. The molecule has 27 heavy (non-hydrogen) atoms. The zero-order valence-corrected chi connectivity index (χ0v) is 19.6. The van der Waals surface area contributed by atoms with Crippen molar-refractivity contribution >= 4 is 33.0 Å². The van der Waals surface area contributed by atoms with Crippen LogP contribution in [0.5, 0.6) is 0 Å². The third-order valence-corrected chi connectivity index (χ3v) is 18.6. The second kappa shape index (κ2) is 7.89. The van der Waals surface area contributed by atoms with Crippen molar-refractivity contribution in [2.45, 2.75) is 20.8 Å². The number of rotatable bonds is 4. The van der Waals surface area contributed by atoms with Gasteiger partial charge in [-0.3, -0.25) is 0 Å². The van der Waals surface area contributed by atoms with Gasteiger partial charge in [-0.1, -0.05) is 0 Å². The minimum atomic E-state index is -3.89. The molecule has 3 heteroatoms. The average Bonchev–Trinajstić information content (AvgIpc) is 2.66. The number of nitrogens with zero attached hydrogens (tertiary/aromatic N) is 1. The molecule has 0 heterocycles. The van der Waals surface area contributed by atoms with Gasteiger partial charge in [0.1, 0.15) is 0 Å². The fourth-order valence-electron chi connectivity index (χ4n) is 3.62. The van der Waals surface area contributed by atoms with E-state index in [2.05, 4.69) is 93.6 Å². The van der Waals surface area contributed by atoms with Crippen molar-refractivity contribution < 1.29 is 4.79 Å². The number of aryl methyl sites for hydroxylation is 3. The molecule has 0 aliphatic rings. The van der Waals surface area contributed by atoms with Gasteiger partial charge in [-0.05, 0) is 0 Å². The van der Waals surface area contributed by atoms with Crippen molar-refractivity contribution in [1.82, 2.24) is 4.90 Å². The van der Waals surface area contributed by atoms with Gasteiger partial charge in [0.25, 0.3) is 0 Å². The van der Waals surface area contributed by atoms with Crippen LogP contribution in [0.2, 0.25) is 0 Å². The third-order valence-electron chi connectivity index (χ3n) is 5.18. The summed E-state index contributed by atoms with van der Waals surface area (Å²) in [5, 5.41) is 0. The molecular formula is C24H27NOSn. The Kier molecular flexibility index (Phi) is 5.75. The van der Waals surface area contributed by atoms with Gasteiger partial charge in [0.2, 0.25) is 0 Å². The van der Waals surface area contributed by atoms with Crippen LogP contribution < -0.4 is 10.7 Å². The first-order chi connectivity index (χ1) is 12.9. The van der Waals surface area contributed by atoms with E-state index in [4.69, 9.17) is 0 Å². The molecule has 3 rings (SSSR count). The number of hydrogen-bond acceptors (Lipinski definition) is 1. The Hall–Kier alpha value is -2.07. The van der Waals surface area contributed by atoms with Crippen molar-refractivity contribution in [3.05, 3.63) is 89.5 Å². The molecule has 0 aliphatic heterocycles. The predicted molar refractivity (Wildman–Crippen MR) is 117 cm³/mol. The quantitative estimate of drug-likeness (QED) is 0.543. The van der Waals surface area contributed by atoms with Crippen molar-refractivity contribution in [2.75, 3.05) is 14.1 Å². The van der Waals surface area contributed by atoms with E-state index in [9.17, 15) is 4.79 Å². The summed E-state index contributed by atoms with van der Waals surface area (Å²) in [4.78, 5) is 15.6. The van der Waals surface area contributed by atoms with Crippen LogP contribution in [-0.4, -0.2) is 41.3 Å². The number of hydrogen-bond donors (Lipinski definition) is 0. The number of carbonyl (C=O) groups is 1. The van der Waals surface area contributed by atoms with E-state index in [0.717, 1.165) is 0 Å². The second-order valence-electron chi connectivity index (χ2n) is 7.55. The van der Waals surface area contributed by atoms with Gasteiger partial charge in [-0.25, -0.2) is 0 Å². The predicted octanol–water partition coefficient (Wildman–Crippen LogP) is 3.35. The summed E-state index contributed by atoms with van der Waals surface area (Å²) in [6.07, 6.45) is 0. The first-order valence-corrected chi connectivity index (χ1v) is 15.0. The Balaban J connectivity index is 2.40. The van der Waals surface area contributed by atoms with E-state index in [1.807, 2.05) is 14.1 Å². The topological polar surface area (TPSA) is 20.3 Å². The van der Waals surface area contributed by atoms with Crippen LogP contribution in [0.4, 0.5) is 4.79 Å². The van der Waals surface area contributed by atoms with Crippen molar-refractivity contribution in [3.63, 3.8) is 0 Å². The van der Waals surface area contributed by atoms with Crippen LogP contribution >= 0.6 is 0 Å². The minimum absolute atomic E-state index is 0.265. The van der Waals surface area contributed by atoms with Crippen LogP contribution in [0.25, 0.3) is 0 Å². The molecule has 3 aromatic rings. The maximum atomic E-state index is 13.8. The zero-order chi connectivity index (χ0) is 19.6. The van der Waals surface area contributed by atoms with Gasteiger partial charge in [0, 0.05) is 0 Å². The van der Waals surface area contributed by atoms with Crippen LogP contribution in [0.3, 0.4) is 0 Å². The Morgan fingerprint density at radius 3 is 1.07 bits per heavy atom. The Bertz CT molecular complexity index is 815. The monoisotopic (exact) mass is 465 g/mol. The van der Waals surface area contributed by atoms with Gasteiger partial charge in [0.15, 0.2) is 0 Å². The number of carbonyl (C=O) groups excluding carboxylic acids is 1. The molecule has 0 saturated heterocycles.